The second kappa shape index (κ2) is 4.73. The second-order valence-electron chi connectivity index (χ2n) is 3.52. The zero-order valence-electron chi connectivity index (χ0n) is 8.76. The minimum absolute atomic E-state index is 0.0244. The standard InChI is InChI=1S/C14H12O2/c15-9-11-5-1-3-7-13(11)14-8-4-2-6-12(14)10-16/h1-9,16H,10H2. The summed E-state index contributed by atoms with van der Waals surface area (Å²) >= 11 is 0. The molecule has 2 aromatic carbocycles. The SMILES string of the molecule is O=Cc1ccccc1-c1ccccc1CO. The van der Waals surface area contributed by atoms with Gasteiger partial charge in [0.05, 0.1) is 6.61 Å². The number of aliphatic hydroxyl groups is 1. The maximum Gasteiger partial charge on any atom is 0.150 e. The minimum atomic E-state index is -0.0244. The molecule has 0 spiro atoms. The Morgan fingerprint density at radius 3 is 2.25 bits per heavy atom. The Morgan fingerprint density at radius 1 is 0.938 bits per heavy atom. The van der Waals surface area contributed by atoms with Crippen LogP contribution in [-0.4, -0.2) is 11.4 Å². The fourth-order valence-corrected chi connectivity index (χ4v) is 1.77. The summed E-state index contributed by atoms with van der Waals surface area (Å²) < 4.78 is 0. The van der Waals surface area contributed by atoms with E-state index in [9.17, 15) is 9.90 Å². The molecule has 16 heavy (non-hydrogen) atoms. The number of aldehydes is 1. The summed E-state index contributed by atoms with van der Waals surface area (Å²) in [6.45, 7) is -0.0244. The van der Waals surface area contributed by atoms with Gasteiger partial charge in [-0.2, -0.15) is 0 Å². The average Bonchev–Trinajstić information content (AvgIpc) is 2.38. The molecule has 2 heteroatoms. The number of rotatable bonds is 3. The summed E-state index contributed by atoms with van der Waals surface area (Å²) in [5, 5.41) is 9.26. The van der Waals surface area contributed by atoms with Crippen LogP contribution < -0.4 is 0 Å². The zero-order chi connectivity index (χ0) is 11.4. The highest BCUT2D eigenvalue weighted by molar-refractivity contribution is 5.88. The first-order valence-corrected chi connectivity index (χ1v) is 5.10. The van der Waals surface area contributed by atoms with E-state index in [1.54, 1.807) is 6.07 Å². The van der Waals surface area contributed by atoms with Crippen LogP contribution in [0, 0.1) is 0 Å². The Kier molecular flexibility index (Phi) is 3.13. The lowest BCUT2D eigenvalue weighted by Crippen LogP contribution is -1.92. The van der Waals surface area contributed by atoms with E-state index in [0.29, 0.717) is 5.56 Å². The fourth-order valence-electron chi connectivity index (χ4n) is 1.77. The van der Waals surface area contributed by atoms with E-state index >= 15 is 0 Å². The van der Waals surface area contributed by atoms with E-state index in [0.717, 1.165) is 23.0 Å². The van der Waals surface area contributed by atoms with E-state index in [-0.39, 0.29) is 6.61 Å². The predicted octanol–water partition coefficient (Wildman–Crippen LogP) is 2.66. The van der Waals surface area contributed by atoms with E-state index in [1.807, 2.05) is 42.5 Å². The number of carbonyl (C=O) groups excluding carboxylic acids is 1. The van der Waals surface area contributed by atoms with Gasteiger partial charge in [0.15, 0.2) is 6.29 Å². The van der Waals surface area contributed by atoms with Crippen molar-refractivity contribution in [2.75, 3.05) is 0 Å². The number of carbonyl (C=O) groups is 1. The molecular weight excluding hydrogens is 200 g/mol. The number of benzene rings is 2. The van der Waals surface area contributed by atoms with Crippen molar-refractivity contribution in [3.63, 3.8) is 0 Å². The largest absolute Gasteiger partial charge is 0.392 e. The first-order valence-electron chi connectivity index (χ1n) is 5.10. The molecule has 0 unspecified atom stereocenters. The average molecular weight is 212 g/mol. The normalized spacial score (nSPS) is 10.1. The molecule has 1 N–H and O–H groups in total. The van der Waals surface area contributed by atoms with Crippen molar-refractivity contribution in [3.8, 4) is 11.1 Å². The third kappa shape index (κ3) is 1.88. The van der Waals surface area contributed by atoms with Gasteiger partial charge in [0.1, 0.15) is 0 Å². The lowest BCUT2D eigenvalue weighted by Gasteiger charge is -2.09. The first-order chi connectivity index (χ1) is 7.86. The summed E-state index contributed by atoms with van der Waals surface area (Å²) in [5.41, 5.74) is 3.25. The Morgan fingerprint density at radius 2 is 1.56 bits per heavy atom. The van der Waals surface area contributed by atoms with Crippen molar-refractivity contribution < 1.29 is 9.90 Å². The quantitative estimate of drug-likeness (QED) is 0.794. The molecule has 0 radical (unpaired) electrons. The van der Waals surface area contributed by atoms with Crippen molar-refractivity contribution in [2.24, 2.45) is 0 Å². The summed E-state index contributed by atoms with van der Waals surface area (Å²) in [4.78, 5) is 10.9. The highest BCUT2D eigenvalue weighted by Gasteiger charge is 2.07. The molecule has 0 saturated carbocycles. The molecule has 0 aliphatic heterocycles. The van der Waals surface area contributed by atoms with Crippen molar-refractivity contribution in [1.29, 1.82) is 0 Å². The Bertz CT molecular complexity index is 504. The Labute approximate surface area is 94.2 Å². The van der Waals surface area contributed by atoms with Crippen molar-refractivity contribution >= 4 is 6.29 Å². The summed E-state index contributed by atoms with van der Waals surface area (Å²) in [6, 6.07) is 14.9. The summed E-state index contributed by atoms with van der Waals surface area (Å²) in [5.74, 6) is 0. The van der Waals surface area contributed by atoms with E-state index in [2.05, 4.69) is 0 Å². The van der Waals surface area contributed by atoms with Crippen LogP contribution in [0.15, 0.2) is 48.5 Å². The van der Waals surface area contributed by atoms with Crippen LogP contribution in [0.2, 0.25) is 0 Å². The molecule has 0 atom stereocenters. The Balaban J connectivity index is 2.62. The molecule has 80 valence electrons. The van der Waals surface area contributed by atoms with Gasteiger partial charge in [0.2, 0.25) is 0 Å². The highest BCUT2D eigenvalue weighted by Crippen LogP contribution is 2.26. The zero-order valence-corrected chi connectivity index (χ0v) is 8.76. The van der Waals surface area contributed by atoms with Gasteiger partial charge in [-0.3, -0.25) is 4.79 Å². The van der Waals surface area contributed by atoms with Gasteiger partial charge >= 0.3 is 0 Å². The lowest BCUT2D eigenvalue weighted by molar-refractivity contribution is 0.112. The van der Waals surface area contributed by atoms with Gasteiger partial charge in [-0.15, -0.1) is 0 Å². The minimum Gasteiger partial charge on any atom is -0.392 e. The van der Waals surface area contributed by atoms with Gasteiger partial charge in [0.25, 0.3) is 0 Å². The summed E-state index contributed by atoms with van der Waals surface area (Å²) in [6.07, 6.45) is 0.837. The number of hydrogen-bond acceptors (Lipinski definition) is 2. The van der Waals surface area contributed by atoms with Crippen LogP contribution in [0.4, 0.5) is 0 Å². The predicted molar refractivity (Wildman–Crippen MR) is 63.2 cm³/mol. The van der Waals surface area contributed by atoms with Crippen LogP contribution in [-0.2, 0) is 6.61 Å². The maximum atomic E-state index is 10.9. The van der Waals surface area contributed by atoms with Crippen molar-refractivity contribution in [2.45, 2.75) is 6.61 Å². The second-order valence-corrected chi connectivity index (χ2v) is 3.52. The topological polar surface area (TPSA) is 37.3 Å². The molecule has 0 bridgehead atoms. The van der Waals surface area contributed by atoms with Crippen LogP contribution in [0.5, 0.6) is 0 Å². The van der Waals surface area contributed by atoms with E-state index < -0.39 is 0 Å². The molecule has 2 rings (SSSR count). The van der Waals surface area contributed by atoms with Gasteiger partial charge in [-0.25, -0.2) is 0 Å². The molecule has 0 aliphatic rings. The first kappa shape index (κ1) is 10.6. The molecule has 0 aromatic heterocycles. The fraction of sp³-hybridized carbons (Fsp3) is 0.0714. The van der Waals surface area contributed by atoms with Crippen LogP contribution in [0.3, 0.4) is 0 Å². The van der Waals surface area contributed by atoms with Crippen LogP contribution in [0.25, 0.3) is 11.1 Å². The monoisotopic (exact) mass is 212 g/mol. The van der Waals surface area contributed by atoms with Crippen LogP contribution >= 0.6 is 0 Å². The number of aliphatic hydroxyl groups excluding tert-OH is 1. The van der Waals surface area contributed by atoms with Gasteiger partial charge < -0.3 is 5.11 Å². The van der Waals surface area contributed by atoms with Crippen molar-refractivity contribution in [3.05, 3.63) is 59.7 Å². The maximum absolute atomic E-state index is 10.9. The highest BCUT2D eigenvalue weighted by atomic mass is 16.3. The molecule has 0 saturated heterocycles. The molecule has 2 aromatic rings. The molecule has 0 fully saturated rings. The third-order valence-electron chi connectivity index (χ3n) is 2.57. The van der Waals surface area contributed by atoms with E-state index in [4.69, 9.17) is 0 Å². The molecule has 0 amide bonds. The van der Waals surface area contributed by atoms with Gasteiger partial charge in [0, 0.05) is 5.56 Å². The molecular formula is C14H12O2. The number of hydrogen-bond donors (Lipinski definition) is 1. The third-order valence-corrected chi connectivity index (χ3v) is 2.57. The van der Waals surface area contributed by atoms with Gasteiger partial charge in [-0.05, 0) is 16.7 Å². The van der Waals surface area contributed by atoms with Gasteiger partial charge in [-0.1, -0.05) is 48.5 Å². The molecule has 2 nitrogen and oxygen atoms in total. The van der Waals surface area contributed by atoms with E-state index in [1.165, 1.54) is 0 Å². The van der Waals surface area contributed by atoms with Crippen molar-refractivity contribution in [1.82, 2.24) is 0 Å². The lowest BCUT2D eigenvalue weighted by atomic mass is 9.96. The van der Waals surface area contributed by atoms with Crippen LogP contribution in [0.1, 0.15) is 15.9 Å². The summed E-state index contributed by atoms with van der Waals surface area (Å²) in [7, 11) is 0. The molecule has 0 heterocycles. The Hall–Kier alpha value is -1.93. The molecule has 0 aliphatic carbocycles. The smallest absolute Gasteiger partial charge is 0.150 e.